The lowest BCUT2D eigenvalue weighted by molar-refractivity contribution is 0.0717. The van der Waals surface area contributed by atoms with Crippen molar-refractivity contribution in [1.29, 1.82) is 0 Å². The Morgan fingerprint density at radius 2 is 1.96 bits per heavy atom. The van der Waals surface area contributed by atoms with Crippen LogP contribution in [0.1, 0.15) is 34.5 Å². The van der Waals surface area contributed by atoms with Crippen molar-refractivity contribution in [3.05, 3.63) is 63.6 Å². The van der Waals surface area contributed by atoms with Crippen molar-refractivity contribution in [3.8, 4) is 0 Å². The number of nitrogens with zero attached hydrogens (tertiary/aromatic N) is 1. The number of H-pyrrole nitrogens is 1. The van der Waals surface area contributed by atoms with Gasteiger partial charge in [0.05, 0.1) is 0 Å². The molecule has 1 aliphatic heterocycles. The number of pyridine rings is 1. The summed E-state index contributed by atoms with van der Waals surface area (Å²) in [6.45, 7) is 5.20. The molecule has 2 heterocycles. The second-order valence-electron chi connectivity index (χ2n) is 6.47. The summed E-state index contributed by atoms with van der Waals surface area (Å²) in [5.41, 5.74) is 3.13. The first-order chi connectivity index (χ1) is 11.5. The molecule has 0 radical (unpaired) electrons. The second kappa shape index (κ2) is 6.91. The maximum Gasteiger partial charge on any atom is 0.259 e. The molecule has 3 rings (SSSR count). The summed E-state index contributed by atoms with van der Waals surface area (Å²) in [5.74, 6) is -0.176. The summed E-state index contributed by atoms with van der Waals surface area (Å²) in [7, 11) is 0. The van der Waals surface area contributed by atoms with Gasteiger partial charge in [-0.25, -0.2) is 0 Å². The van der Waals surface area contributed by atoms with E-state index in [0.29, 0.717) is 19.1 Å². The second-order valence-corrected chi connectivity index (χ2v) is 6.47. The summed E-state index contributed by atoms with van der Waals surface area (Å²) in [6.07, 6.45) is 3.28. The van der Waals surface area contributed by atoms with E-state index in [1.54, 1.807) is 11.8 Å². The number of aryl methyl sites for hydroxylation is 2. The van der Waals surface area contributed by atoms with Crippen molar-refractivity contribution in [1.82, 2.24) is 9.88 Å². The lowest BCUT2D eigenvalue weighted by Crippen LogP contribution is -2.43. The lowest BCUT2D eigenvalue weighted by atomic mass is 10.0. The minimum absolute atomic E-state index is 0.176. The van der Waals surface area contributed by atoms with Gasteiger partial charge in [-0.1, -0.05) is 12.1 Å². The van der Waals surface area contributed by atoms with Crippen molar-refractivity contribution >= 4 is 11.6 Å². The van der Waals surface area contributed by atoms with Gasteiger partial charge in [0.25, 0.3) is 5.91 Å². The highest BCUT2D eigenvalue weighted by Crippen LogP contribution is 2.18. The standard InChI is InChI=1S/C19H23N3O2/c1-13-4-3-5-16(10-13)21-15-6-8-22(9-7-15)19(24)17-12-20-14(2)11-18(17)23/h3-5,10-12,15,21H,6-9H2,1-2H3,(H,20,23). The molecule has 2 N–H and O–H groups in total. The molecule has 0 saturated carbocycles. The number of amides is 1. The summed E-state index contributed by atoms with van der Waals surface area (Å²) in [6, 6.07) is 10.1. The number of rotatable bonds is 3. The minimum atomic E-state index is -0.212. The molecule has 0 spiro atoms. The smallest absolute Gasteiger partial charge is 0.259 e. The van der Waals surface area contributed by atoms with Crippen LogP contribution in [0.5, 0.6) is 0 Å². The number of hydrogen-bond donors (Lipinski definition) is 2. The van der Waals surface area contributed by atoms with Crippen LogP contribution in [0, 0.1) is 13.8 Å². The van der Waals surface area contributed by atoms with E-state index in [2.05, 4.69) is 35.4 Å². The van der Waals surface area contributed by atoms with E-state index < -0.39 is 0 Å². The highest BCUT2D eigenvalue weighted by Gasteiger charge is 2.25. The average molecular weight is 325 g/mol. The Morgan fingerprint density at radius 3 is 2.62 bits per heavy atom. The summed E-state index contributed by atoms with van der Waals surface area (Å²) < 4.78 is 0. The van der Waals surface area contributed by atoms with E-state index >= 15 is 0 Å². The molecule has 1 saturated heterocycles. The van der Waals surface area contributed by atoms with E-state index in [1.807, 2.05) is 6.07 Å². The Labute approximate surface area is 141 Å². The summed E-state index contributed by atoms with van der Waals surface area (Å²) >= 11 is 0. The van der Waals surface area contributed by atoms with Crippen LogP contribution in [0.15, 0.2) is 41.3 Å². The van der Waals surface area contributed by atoms with Crippen LogP contribution in [0.4, 0.5) is 5.69 Å². The number of nitrogens with one attached hydrogen (secondary N) is 2. The number of piperidine rings is 1. The SMILES string of the molecule is Cc1cccc(NC2CCN(C(=O)c3c[nH]c(C)cc3=O)CC2)c1. The fourth-order valence-corrected chi connectivity index (χ4v) is 3.11. The summed E-state index contributed by atoms with van der Waals surface area (Å²) in [5, 5.41) is 3.53. The topological polar surface area (TPSA) is 65.2 Å². The van der Waals surface area contributed by atoms with E-state index in [-0.39, 0.29) is 16.9 Å². The molecule has 1 amide bonds. The van der Waals surface area contributed by atoms with Gasteiger partial charge < -0.3 is 15.2 Å². The molecule has 0 atom stereocenters. The highest BCUT2D eigenvalue weighted by atomic mass is 16.2. The number of anilines is 1. The van der Waals surface area contributed by atoms with Crippen LogP contribution in [0.25, 0.3) is 0 Å². The van der Waals surface area contributed by atoms with Crippen molar-refractivity contribution in [3.63, 3.8) is 0 Å². The first kappa shape index (κ1) is 16.3. The number of benzene rings is 1. The predicted molar refractivity (Wildman–Crippen MR) is 95.5 cm³/mol. The number of carbonyl (C=O) groups excluding carboxylic acids is 1. The molecular formula is C19H23N3O2. The van der Waals surface area contributed by atoms with Gasteiger partial charge in [0.2, 0.25) is 0 Å². The first-order valence-electron chi connectivity index (χ1n) is 8.35. The molecule has 1 aromatic carbocycles. The van der Waals surface area contributed by atoms with Gasteiger partial charge in [0.15, 0.2) is 5.43 Å². The molecule has 0 bridgehead atoms. The maximum absolute atomic E-state index is 12.5. The van der Waals surface area contributed by atoms with Crippen LogP contribution >= 0.6 is 0 Å². The fourth-order valence-electron chi connectivity index (χ4n) is 3.11. The van der Waals surface area contributed by atoms with Gasteiger partial charge in [-0.3, -0.25) is 9.59 Å². The Morgan fingerprint density at radius 1 is 1.21 bits per heavy atom. The molecule has 5 heteroatoms. The number of carbonyl (C=O) groups is 1. The van der Waals surface area contributed by atoms with Crippen LogP contribution in [0.3, 0.4) is 0 Å². The summed E-state index contributed by atoms with van der Waals surface area (Å²) in [4.78, 5) is 29.2. The van der Waals surface area contributed by atoms with Crippen LogP contribution < -0.4 is 10.7 Å². The fraction of sp³-hybridized carbons (Fsp3) is 0.368. The van der Waals surface area contributed by atoms with Gasteiger partial charge in [-0.2, -0.15) is 0 Å². The normalized spacial score (nSPS) is 15.3. The Kier molecular flexibility index (Phi) is 4.69. The maximum atomic E-state index is 12.5. The highest BCUT2D eigenvalue weighted by molar-refractivity contribution is 5.93. The lowest BCUT2D eigenvalue weighted by Gasteiger charge is -2.33. The third-order valence-electron chi connectivity index (χ3n) is 4.46. The average Bonchev–Trinajstić information content (AvgIpc) is 2.55. The molecule has 24 heavy (non-hydrogen) atoms. The van der Waals surface area contributed by atoms with Gasteiger partial charge in [-0.05, 0) is 44.4 Å². The first-order valence-corrected chi connectivity index (χ1v) is 8.35. The molecule has 1 aromatic heterocycles. The van der Waals surface area contributed by atoms with E-state index in [0.717, 1.165) is 24.2 Å². The third-order valence-corrected chi connectivity index (χ3v) is 4.46. The predicted octanol–water partition coefficient (Wildman–Crippen LogP) is 2.71. The Balaban J connectivity index is 1.60. The van der Waals surface area contributed by atoms with Gasteiger partial charge >= 0.3 is 0 Å². The number of aromatic nitrogens is 1. The number of likely N-dealkylation sites (tertiary alicyclic amines) is 1. The number of aromatic amines is 1. The molecule has 2 aromatic rings. The zero-order valence-corrected chi connectivity index (χ0v) is 14.1. The van der Waals surface area contributed by atoms with Crippen molar-refractivity contribution in [2.45, 2.75) is 32.7 Å². The Hall–Kier alpha value is -2.56. The van der Waals surface area contributed by atoms with Crippen molar-refractivity contribution in [2.75, 3.05) is 18.4 Å². The van der Waals surface area contributed by atoms with E-state index in [4.69, 9.17) is 0 Å². The van der Waals surface area contributed by atoms with Crippen molar-refractivity contribution < 1.29 is 4.79 Å². The molecule has 1 aliphatic rings. The molecular weight excluding hydrogens is 302 g/mol. The zero-order valence-electron chi connectivity index (χ0n) is 14.1. The number of hydrogen-bond acceptors (Lipinski definition) is 3. The van der Waals surface area contributed by atoms with Crippen LogP contribution in [-0.2, 0) is 0 Å². The largest absolute Gasteiger partial charge is 0.382 e. The quantitative estimate of drug-likeness (QED) is 0.912. The zero-order chi connectivity index (χ0) is 17.1. The van der Waals surface area contributed by atoms with Crippen LogP contribution in [0.2, 0.25) is 0 Å². The van der Waals surface area contributed by atoms with Gasteiger partial charge in [-0.15, -0.1) is 0 Å². The van der Waals surface area contributed by atoms with Gasteiger partial charge in [0, 0.05) is 42.8 Å². The molecule has 1 fully saturated rings. The van der Waals surface area contributed by atoms with Crippen LogP contribution in [-0.4, -0.2) is 34.9 Å². The molecule has 126 valence electrons. The minimum Gasteiger partial charge on any atom is -0.382 e. The Bertz CT molecular complexity index is 789. The molecule has 0 unspecified atom stereocenters. The monoisotopic (exact) mass is 325 g/mol. The van der Waals surface area contributed by atoms with Gasteiger partial charge in [0.1, 0.15) is 5.56 Å². The van der Waals surface area contributed by atoms with E-state index in [9.17, 15) is 9.59 Å². The molecule has 0 aliphatic carbocycles. The third kappa shape index (κ3) is 3.67. The van der Waals surface area contributed by atoms with Crippen molar-refractivity contribution in [2.24, 2.45) is 0 Å². The molecule has 5 nitrogen and oxygen atoms in total. The van der Waals surface area contributed by atoms with E-state index in [1.165, 1.54) is 17.8 Å².